The van der Waals surface area contributed by atoms with E-state index in [4.69, 9.17) is 5.73 Å². The van der Waals surface area contributed by atoms with E-state index in [1.165, 1.54) is 6.20 Å². The van der Waals surface area contributed by atoms with E-state index in [-0.39, 0.29) is 17.3 Å². The van der Waals surface area contributed by atoms with Crippen LogP contribution in [0.1, 0.15) is 15.9 Å². The highest BCUT2D eigenvalue weighted by Crippen LogP contribution is 2.20. The molecule has 0 saturated carbocycles. The number of anilines is 1. The summed E-state index contributed by atoms with van der Waals surface area (Å²) in [5.74, 6) is -0.107. The molecule has 0 aliphatic carbocycles. The van der Waals surface area contributed by atoms with Crippen LogP contribution in [0.5, 0.6) is 0 Å². The van der Waals surface area contributed by atoms with E-state index >= 15 is 0 Å². The van der Waals surface area contributed by atoms with E-state index in [9.17, 15) is 10.1 Å². The van der Waals surface area contributed by atoms with Crippen LogP contribution in [-0.2, 0) is 0 Å². The van der Waals surface area contributed by atoms with Gasteiger partial charge in [0.05, 0.1) is 11.0 Å². The summed E-state index contributed by atoms with van der Waals surface area (Å²) in [6.07, 6.45) is 1.44. The molecule has 0 fully saturated rings. The Balaban J connectivity index is 2.10. The van der Waals surface area contributed by atoms with E-state index < -0.39 is 0 Å². The van der Waals surface area contributed by atoms with Gasteiger partial charge in [0.1, 0.15) is 11.6 Å². The summed E-state index contributed by atoms with van der Waals surface area (Å²) < 4.78 is 1.56. The molecule has 0 unspecified atom stereocenters. The molecule has 0 atom stereocenters. The summed E-state index contributed by atoms with van der Waals surface area (Å²) in [6, 6.07) is 16.4. The van der Waals surface area contributed by atoms with Gasteiger partial charge in [0, 0.05) is 11.8 Å². The summed E-state index contributed by atoms with van der Waals surface area (Å²) in [7, 11) is 0. The number of aryl methyl sites for hydroxylation is 1. The smallest absolute Gasteiger partial charge is 0.205 e. The number of benzene rings is 2. The van der Waals surface area contributed by atoms with Crippen LogP contribution < -0.4 is 5.73 Å². The third kappa shape index (κ3) is 2.70. The minimum absolute atomic E-state index is 0.00505. The maximum atomic E-state index is 12.5. The molecule has 2 N–H and O–H groups in total. The van der Waals surface area contributed by atoms with Crippen molar-refractivity contribution in [3.63, 3.8) is 0 Å². The maximum absolute atomic E-state index is 12.5. The predicted molar refractivity (Wildman–Crippen MR) is 89.5 cm³/mol. The zero-order chi connectivity index (χ0) is 16.4. The third-order valence-electron chi connectivity index (χ3n) is 3.53. The van der Waals surface area contributed by atoms with Gasteiger partial charge in [0.25, 0.3) is 0 Å². The number of nitrogens with zero attached hydrogens (tertiary/aromatic N) is 3. The minimum Gasteiger partial charge on any atom is -0.369 e. The molecule has 0 bridgehead atoms. The van der Waals surface area contributed by atoms with Gasteiger partial charge in [-0.2, -0.15) is 5.26 Å². The maximum Gasteiger partial charge on any atom is 0.205 e. The van der Waals surface area contributed by atoms with E-state index in [0.29, 0.717) is 11.1 Å². The Morgan fingerprint density at radius 2 is 2.04 bits per heavy atom. The van der Waals surface area contributed by atoms with Crippen molar-refractivity contribution in [1.82, 2.24) is 9.55 Å². The molecule has 0 saturated heterocycles. The molecule has 3 aromatic rings. The lowest BCUT2D eigenvalue weighted by atomic mass is 10.0. The number of nitrogen functional groups attached to an aromatic ring is 1. The van der Waals surface area contributed by atoms with Gasteiger partial charge in [-0.25, -0.2) is 4.98 Å². The van der Waals surface area contributed by atoms with Crippen molar-refractivity contribution < 1.29 is 4.79 Å². The molecule has 0 aliphatic heterocycles. The first kappa shape index (κ1) is 14.5. The number of imidazole rings is 1. The van der Waals surface area contributed by atoms with Gasteiger partial charge < -0.3 is 5.73 Å². The van der Waals surface area contributed by atoms with Crippen molar-refractivity contribution in [2.45, 2.75) is 6.92 Å². The summed E-state index contributed by atoms with van der Waals surface area (Å²) in [6.45, 7) is 1.90. The van der Waals surface area contributed by atoms with Gasteiger partial charge in [0.15, 0.2) is 0 Å². The largest absolute Gasteiger partial charge is 0.369 e. The predicted octanol–water partition coefficient (Wildman–Crippen LogP) is 3.17. The van der Waals surface area contributed by atoms with Crippen LogP contribution in [0, 0.1) is 18.3 Å². The highest BCUT2D eigenvalue weighted by molar-refractivity contribution is 6.13. The zero-order valence-electron chi connectivity index (χ0n) is 12.5. The van der Waals surface area contributed by atoms with Crippen LogP contribution in [0.4, 0.5) is 5.95 Å². The van der Waals surface area contributed by atoms with Crippen molar-refractivity contribution in [3.05, 3.63) is 65.2 Å². The van der Waals surface area contributed by atoms with Gasteiger partial charge >= 0.3 is 0 Å². The van der Waals surface area contributed by atoms with Gasteiger partial charge in [-0.3, -0.25) is 9.36 Å². The van der Waals surface area contributed by atoms with Crippen molar-refractivity contribution in [2.75, 3.05) is 5.73 Å². The SMILES string of the molecule is Cc1cccc(C(=O)C(C#N)=Cn2c(N)nc3ccccc32)c1. The second kappa shape index (κ2) is 5.78. The molecule has 5 nitrogen and oxygen atoms in total. The number of fused-ring (bicyclic) bond motifs is 1. The summed E-state index contributed by atoms with van der Waals surface area (Å²) in [4.78, 5) is 16.8. The van der Waals surface area contributed by atoms with Crippen LogP contribution >= 0.6 is 0 Å². The number of para-hydroxylation sites is 2. The number of nitrogens with two attached hydrogens (primary N) is 1. The van der Waals surface area contributed by atoms with Crippen LogP contribution in [-0.4, -0.2) is 15.3 Å². The number of Topliss-reactive ketones (excluding diaryl/α,β-unsaturated/α-hetero) is 1. The molecule has 3 rings (SSSR count). The molecule has 1 heterocycles. The first-order chi connectivity index (χ1) is 11.1. The Kier molecular flexibility index (Phi) is 3.65. The first-order valence-electron chi connectivity index (χ1n) is 7.06. The number of carbonyl (C=O) groups is 1. The van der Waals surface area contributed by atoms with Crippen LogP contribution in [0.15, 0.2) is 54.1 Å². The van der Waals surface area contributed by atoms with Gasteiger partial charge in [-0.05, 0) is 25.1 Å². The number of allylic oxidation sites excluding steroid dienone is 1. The number of hydrogen-bond donors (Lipinski definition) is 1. The summed E-state index contributed by atoms with van der Waals surface area (Å²) >= 11 is 0. The standard InChI is InChI=1S/C18H14N4O/c1-12-5-4-6-13(9-12)17(23)14(10-19)11-22-16-8-3-2-7-15(16)21-18(22)20/h2-9,11H,1H3,(H2,20,21). The van der Waals surface area contributed by atoms with Crippen molar-refractivity contribution in [3.8, 4) is 6.07 Å². The summed E-state index contributed by atoms with van der Waals surface area (Å²) in [5, 5.41) is 9.38. The normalized spacial score (nSPS) is 11.4. The Labute approximate surface area is 133 Å². The quantitative estimate of drug-likeness (QED) is 0.457. The number of nitriles is 1. The number of ketones is 1. The molecule has 0 spiro atoms. The number of hydrogen-bond acceptors (Lipinski definition) is 4. The number of rotatable bonds is 3. The highest BCUT2D eigenvalue weighted by Gasteiger charge is 2.14. The topological polar surface area (TPSA) is 84.7 Å². The fraction of sp³-hybridized carbons (Fsp3) is 0.0556. The Bertz CT molecular complexity index is 976. The molecule has 112 valence electrons. The van der Waals surface area contributed by atoms with E-state index in [0.717, 1.165) is 11.1 Å². The first-order valence-corrected chi connectivity index (χ1v) is 7.06. The molecule has 2 aromatic carbocycles. The molecular weight excluding hydrogens is 288 g/mol. The number of carbonyl (C=O) groups excluding carboxylic acids is 1. The van der Waals surface area contributed by atoms with E-state index in [2.05, 4.69) is 4.98 Å². The minimum atomic E-state index is -0.339. The monoisotopic (exact) mass is 302 g/mol. The lowest BCUT2D eigenvalue weighted by Crippen LogP contribution is -2.05. The van der Waals surface area contributed by atoms with Crippen molar-refractivity contribution >= 4 is 29.0 Å². The third-order valence-corrected chi connectivity index (χ3v) is 3.53. The average Bonchev–Trinajstić information content (AvgIpc) is 2.87. The van der Waals surface area contributed by atoms with Crippen molar-refractivity contribution in [1.29, 1.82) is 5.26 Å². The van der Waals surface area contributed by atoms with Gasteiger partial charge in [0.2, 0.25) is 11.7 Å². The molecule has 1 aromatic heterocycles. The Hall–Kier alpha value is -3.39. The lowest BCUT2D eigenvalue weighted by Gasteiger charge is -2.03. The van der Waals surface area contributed by atoms with Gasteiger partial charge in [-0.15, -0.1) is 0 Å². The van der Waals surface area contributed by atoms with Crippen LogP contribution in [0.3, 0.4) is 0 Å². The van der Waals surface area contributed by atoms with E-state index in [1.54, 1.807) is 22.8 Å². The zero-order valence-corrected chi connectivity index (χ0v) is 12.5. The fourth-order valence-electron chi connectivity index (χ4n) is 2.41. The molecule has 0 amide bonds. The highest BCUT2D eigenvalue weighted by atomic mass is 16.1. The van der Waals surface area contributed by atoms with Crippen molar-refractivity contribution in [2.24, 2.45) is 0 Å². The molecule has 0 aliphatic rings. The molecule has 5 heteroatoms. The van der Waals surface area contributed by atoms with Crippen LogP contribution in [0.25, 0.3) is 17.2 Å². The van der Waals surface area contributed by atoms with Gasteiger partial charge in [-0.1, -0.05) is 35.9 Å². The summed E-state index contributed by atoms with van der Waals surface area (Å²) in [5.41, 5.74) is 8.80. The van der Waals surface area contributed by atoms with Crippen LogP contribution in [0.2, 0.25) is 0 Å². The second-order valence-corrected chi connectivity index (χ2v) is 5.18. The molecular formula is C18H14N4O. The average molecular weight is 302 g/mol. The lowest BCUT2D eigenvalue weighted by molar-refractivity contribution is 0.103. The number of aromatic nitrogens is 2. The Morgan fingerprint density at radius 1 is 1.26 bits per heavy atom. The Morgan fingerprint density at radius 3 is 2.78 bits per heavy atom. The fourth-order valence-corrected chi connectivity index (χ4v) is 2.41. The second-order valence-electron chi connectivity index (χ2n) is 5.18. The molecule has 23 heavy (non-hydrogen) atoms. The van der Waals surface area contributed by atoms with E-state index in [1.807, 2.05) is 43.3 Å². The molecule has 0 radical (unpaired) electrons.